The molecule has 188 valence electrons. The van der Waals surface area contributed by atoms with Gasteiger partial charge in [0.05, 0.1) is 17.0 Å². The van der Waals surface area contributed by atoms with Crippen LogP contribution in [-0.4, -0.2) is 20.8 Å². The van der Waals surface area contributed by atoms with Crippen molar-refractivity contribution in [3.8, 4) is 0 Å². The van der Waals surface area contributed by atoms with E-state index in [-0.39, 0.29) is 34.7 Å². The van der Waals surface area contributed by atoms with Crippen LogP contribution in [0.4, 0.5) is 11.4 Å². The predicted octanol–water partition coefficient (Wildman–Crippen LogP) is 6.19. The lowest BCUT2D eigenvalue weighted by atomic mass is 9.81. The number of rotatable bonds is 6. The second-order valence-electron chi connectivity index (χ2n) is 10.2. The number of nitrogens with one attached hydrogen (secondary N) is 2. The van der Waals surface area contributed by atoms with Crippen LogP contribution >= 0.6 is 0 Å². The maximum absolute atomic E-state index is 13.2. The van der Waals surface area contributed by atoms with Gasteiger partial charge >= 0.3 is 0 Å². The number of ketones is 1. The monoisotopic (exact) mass is 504 g/mol. The van der Waals surface area contributed by atoms with E-state index >= 15 is 0 Å². The molecule has 0 aliphatic carbocycles. The topological polar surface area (TPSA) is 84.5 Å². The maximum Gasteiger partial charge on any atom is 0.261 e. The van der Waals surface area contributed by atoms with Crippen LogP contribution in [0.25, 0.3) is 0 Å². The number of Topliss-reactive ketones (excluding diaryl/α,β-unsaturated/α-hetero) is 1. The lowest BCUT2D eigenvalue weighted by Crippen LogP contribution is -2.29. The van der Waals surface area contributed by atoms with E-state index in [1.807, 2.05) is 70.2 Å². The third kappa shape index (κ3) is 4.53. The minimum atomic E-state index is -3.76. The lowest BCUT2D eigenvalue weighted by molar-refractivity contribution is 0.0827. The van der Waals surface area contributed by atoms with E-state index in [9.17, 15) is 13.2 Å². The van der Waals surface area contributed by atoms with E-state index in [0.717, 1.165) is 39.9 Å². The molecule has 2 N–H and O–H groups in total. The normalized spacial score (nSPS) is 21.0. The fourth-order valence-corrected chi connectivity index (χ4v) is 6.24. The van der Waals surface area contributed by atoms with Crippen LogP contribution in [0.1, 0.15) is 65.0 Å². The first kappa shape index (κ1) is 24.5. The maximum atomic E-state index is 13.2. The van der Waals surface area contributed by atoms with Gasteiger partial charge in [0.1, 0.15) is 0 Å². The lowest BCUT2D eigenvalue weighted by Gasteiger charge is -2.36. The van der Waals surface area contributed by atoms with E-state index in [4.69, 9.17) is 4.74 Å². The third-order valence-corrected chi connectivity index (χ3v) is 8.73. The molecule has 0 amide bonds. The number of hydrogen-bond donors (Lipinski definition) is 2. The fourth-order valence-electron chi connectivity index (χ4n) is 5.15. The van der Waals surface area contributed by atoms with Gasteiger partial charge in [-0.3, -0.25) is 9.52 Å². The molecule has 0 radical (unpaired) electrons. The van der Waals surface area contributed by atoms with Gasteiger partial charge in [0, 0.05) is 40.9 Å². The first-order chi connectivity index (χ1) is 17.1. The molecule has 1 fully saturated rings. The van der Waals surface area contributed by atoms with Crippen molar-refractivity contribution in [2.75, 3.05) is 16.6 Å². The zero-order chi connectivity index (χ0) is 25.6. The van der Waals surface area contributed by atoms with E-state index < -0.39 is 10.0 Å². The number of carbonyl (C=O) groups is 1. The zero-order valence-corrected chi connectivity index (χ0v) is 21.9. The number of fused-ring (bicyclic) bond motifs is 3. The van der Waals surface area contributed by atoms with E-state index in [2.05, 4.69) is 10.0 Å². The Morgan fingerprint density at radius 3 is 2.44 bits per heavy atom. The van der Waals surface area contributed by atoms with Gasteiger partial charge in [-0.05, 0) is 67.3 Å². The minimum Gasteiger partial charge on any atom is -0.378 e. The summed E-state index contributed by atoms with van der Waals surface area (Å²) in [5.74, 6) is 0.252. The average Bonchev–Trinajstić information content (AvgIpc) is 3.35. The third-order valence-electron chi connectivity index (χ3n) is 7.35. The summed E-state index contributed by atoms with van der Waals surface area (Å²) < 4.78 is 35.2. The summed E-state index contributed by atoms with van der Waals surface area (Å²) >= 11 is 0. The Hall–Kier alpha value is -3.16. The van der Waals surface area contributed by atoms with Gasteiger partial charge < -0.3 is 10.1 Å². The number of aryl methyl sites for hydroxylation is 2. The highest BCUT2D eigenvalue weighted by Crippen LogP contribution is 2.50. The Balaban J connectivity index is 1.43. The van der Waals surface area contributed by atoms with E-state index in [1.54, 1.807) is 18.2 Å². The number of sulfonamides is 1. The Labute approximate surface area is 213 Å². The summed E-state index contributed by atoms with van der Waals surface area (Å²) in [6, 6.07) is 18.6. The average molecular weight is 505 g/mol. The van der Waals surface area contributed by atoms with Crippen LogP contribution < -0.4 is 10.0 Å². The molecule has 2 heterocycles. The van der Waals surface area contributed by atoms with Crippen LogP contribution in [0.5, 0.6) is 0 Å². The summed E-state index contributed by atoms with van der Waals surface area (Å²) in [6.45, 7) is 8.38. The molecule has 36 heavy (non-hydrogen) atoms. The molecular formula is C29H32N2O4S. The standard InChI is InChI=1S/C29H32N2O4S/c1-17(2)28(32)21-8-6-20(7-9-21)27-24-13-14-35-29(24)25-16-23(11-12-26(25)30-27)36(33,34)31-22-10-5-18(3)19(4)15-22/h5-12,15-17,24,27,29-31H,13-14H2,1-4H3/t24-,27-,29?/m1/s1. The summed E-state index contributed by atoms with van der Waals surface area (Å²) in [6.07, 6.45) is 0.673. The highest BCUT2D eigenvalue weighted by atomic mass is 32.2. The fraction of sp³-hybridized carbons (Fsp3) is 0.345. The Bertz CT molecular complexity index is 1410. The number of carbonyl (C=O) groups excluding carboxylic acids is 1. The van der Waals surface area contributed by atoms with Gasteiger partial charge in [-0.1, -0.05) is 44.2 Å². The van der Waals surface area contributed by atoms with Gasteiger partial charge in [0.15, 0.2) is 5.78 Å². The summed E-state index contributed by atoms with van der Waals surface area (Å²) in [5, 5.41) is 3.62. The number of hydrogen-bond acceptors (Lipinski definition) is 5. The number of anilines is 2. The molecule has 5 rings (SSSR count). The number of benzene rings is 3. The minimum absolute atomic E-state index is 0.0179. The van der Waals surface area contributed by atoms with Crippen molar-refractivity contribution in [1.82, 2.24) is 0 Å². The molecule has 3 aromatic rings. The Morgan fingerprint density at radius 2 is 1.75 bits per heavy atom. The van der Waals surface area contributed by atoms with Gasteiger partial charge in [-0.2, -0.15) is 0 Å². The molecule has 3 aromatic carbocycles. The molecule has 1 saturated heterocycles. The van der Waals surface area contributed by atoms with Crippen LogP contribution in [0.3, 0.4) is 0 Å². The second kappa shape index (κ2) is 9.37. The molecule has 2 aliphatic rings. The van der Waals surface area contributed by atoms with Crippen LogP contribution in [-0.2, 0) is 14.8 Å². The Morgan fingerprint density at radius 1 is 1.00 bits per heavy atom. The summed E-state index contributed by atoms with van der Waals surface area (Å²) in [7, 11) is -3.76. The van der Waals surface area contributed by atoms with Gasteiger partial charge in [0.2, 0.25) is 0 Å². The largest absolute Gasteiger partial charge is 0.378 e. The highest BCUT2D eigenvalue weighted by molar-refractivity contribution is 7.92. The predicted molar refractivity (Wildman–Crippen MR) is 142 cm³/mol. The van der Waals surface area contributed by atoms with Gasteiger partial charge in [-0.15, -0.1) is 0 Å². The van der Waals surface area contributed by atoms with Crippen LogP contribution in [0.15, 0.2) is 65.6 Å². The molecule has 0 aromatic heterocycles. The summed E-state index contributed by atoms with van der Waals surface area (Å²) in [5.41, 5.74) is 6.23. The van der Waals surface area contributed by atoms with E-state index in [1.165, 1.54) is 0 Å². The van der Waals surface area contributed by atoms with Crippen molar-refractivity contribution in [3.05, 3.63) is 88.5 Å². The Kier molecular flexibility index (Phi) is 6.39. The van der Waals surface area contributed by atoms with Crippen molar-refractivity contribution in [2.24, 2.45) is 11.8 Å². The summed E-state index contributed by atoms with van der Waals surface area (Å²) in [4.78, 5) is 12.6. The molecule has 0 spiro atoms. The van der Waals surface area contributed by atoms with E-state index in [0.29, 0.717) is 12.3 Å². The number of ether oxygens (including phenoxy) is 1. The quantitative estimate of drug-likeness (QED) is 0.391. The first-order valence-electron chi connectivity index (χ1n) is 12.4. The molecule has 0 bridgehead atoms. The van der Waals surface area contributed by atoms with Crippen molar-refractivity contribution in [3.63, 3.8) is 0 Å². The molecule has 1 unspecified atom stereocenters. The molecule has 0 saturated carbocycles. The molecule has 3 atom stereocenters. The highest BCUT2D eigenvalue weighted by Gasteiger charge is 2.42. The van der Waals surface area contributed by atoms with Crippen molar-refractivity contribution >= 4 is 27.2 Å². The molecule has 6 nitrogen and oxygen atoms in total. The van der Waals surface area contributed by atoms with Crippen molar-refractivity contribution < 1.29 is 17.9 Å². The van der Waals surface area contributed by atoms with Crippen molar-refractivity contribution in [2.45, 2.75) is 51.2 Å². The molecule has 7 heteroatoms. The second-order valence-corrected chi connectivity index (χ2v) is 11.8. The first-order valence-corrected chi connectivity index (χ1v) is 13.9. The van der Waals surface area contributed by atoms with Gasteiger partial charge in [-0.25, -0.2) is 8.42 Å². The molecular weight excluding hydrogens is 472 g/mol. The zero-order valence-electron chi connectivity index (χ0n) is 21.0. The SMILES string of the molecule is Cc1ccc(NS(=O)(=O)c2ccc3c(c2)C2OCC[C@@H]2[C@@H](c2ccc(C(=O)C(C)C)cc2)N3)cc1C. The van der Waals surface area contributed by atoms with Crippen LogP contribution in [0.2, 0.25) is 0 Å². The van der Waals surface area contributed by atoms with Gasteiger partial charge in [0.25, 0.3) is 10.0 Å². The molecule has 2 aliphatic heterocycles. The van der Waals surface area contributed by atoms with Crippen molar-refractivity contribution in [1.29, 1.82) is 0 Å². The smallest absolute Gasteiger partial charge is 0.261 e. The van der Waals surface area contributed by atoms with Crippen LogP contribution in [0, 0.1) is 25.7 Å².